The van der Waals surface area contributed by atoms with Crippen LogP contribution < -0.4 is 21.1 Å². The van der Waals surface area contributed by atoms with E-state index >= 15 is 0 Å². The summed E-state index contributed by atoms with van der Waals surface area (Å²) in [4.78, 5) is 14.7. The van der Waals surface area contributed by atoms with Gasteiger partial charge >= 0.3 is 0 Å². The third-order valence-electron chi connectivity index (χ3n) is 7.54. The molecule has 170 valence electrons. The molecule has 0 radical (unpaired) electrons. The van der Waals surface area contributed by atoms with Gasteiger partial charge < -0.3 is 21.1 Å². The second-order valence-electron chi connectivity index (χ2n) is 9.47. The first-order chi connectivity index (χ1) is 16.0. The van der Waals surface area contributed by atoms with E-state index in [0.29, 0.717) is 6.54 Å². The number of nitrogens with one attached hydrogen (secondary N) is 1. The molecule has 0 aliphatic carbocycles. The van der Waals surface area contributed by atoms with Crippen molar-refractivity contribution in [2.45, 2.75) is 30.2 Å². The Labute approximate surface area is 195 Å². The SMILES string of the molecule is NC(=O)C(c1ccccc1)(c1ccccc1)[C@]1(N)CC[NH+](CCc2ccc3c(c2)CCO3)C1. The Bertz CT molecular complexity index is 1090. The van der Waals surface area contributed by atoms with Gasteiger partial charge in [-0.1, -0.05) is 72.8 Å². The summed E-state index contributed by atoms with van der Waals surface area (Å²) >= 11 is 0. The van der Waals surface area contributed by atoms with Crippen LogP contribution >= 0.6 is 0 Å². The van der Waals surface area contributed by atoms with Crippen molar-refractivity contribution in [3.05, 3.63) is 101 Å². The minimum absolute atomic E-state index is 0.387. The normalized spacial score (nSPS) is 22.0. The van der Waals surface area contributed by atoms with Crippen molar-refractivity contribution in [2.75, 3.05) is 26.2 Å². The molecule has 1 saturated heterocycles. The Kier molecular flexibility index (Phi) is 5.69. The van der Waals surface area contributed by atoms with Crippen LogP contribution in [0.15, 0.2) is 78.9 Å². The van der Waals surface area contributed by atoms with Gasteiger partial charge in [0.25, 0.3) is 0 Å². The number of rotatable bonds is 7. The molecule has 5 heteroatoms. The van der Waals surface area contributed by atoms with Crippen LogP contribution in [0, 0.1) is 0 Å². The van der Waals surface area contributed by atoms with Gasteiger partial charge in [-0.15, -0.1) is 0 Å². The maximum absolute atomic E-state index is 13.3. The number of fused-ring (bicyclic) bond motifs is 1. The quantitative estimate of drug-likeness (QED) is 0.520. The van der Waals surface area contributed by atoms with Gasteiger partial charge in [0.1, 0.15) is 11.2 Å². The molecule has 5 nitrogen and oxygen atoms in total. The summed E-state index contributed by atoms with van der Waals surface area (Å²) in [6.45, 7) is 3.35. The zero-order chi connectivity index (χ0) is 22.9. The molecule has 3 aromatic carbocycles. The second kappa shape index (κ2) is 8.65. The summed E-state index contributed by atoms with van der Waals surface area (Å²) in [7, 11) is 0. The van der Waals surface area contributed by atoms with Crippen molar-refractivity contribution in [2.24, 2.45) is 11.5 Å². The highest BCUT2D eigenvalue weighted by Gasteiger charge is 2.60. The molecular weight excluding hydrogens is 410 g/mol. The number of hydrogen-bond acceptors (Lipinski definition) is 3. The Hall–Kier alpha value is -3.15. The van der Waals surface area contributed by atoms with E-state index in [1.807, 2.05) is 60.7 Å². The van der Waals surface area contributed by atoms with E-state index in [9.17, 15) is 4.79 Å². The molecule has 0 spiro atoms. The molecule has 1 fully saturated rings. The van der Waals surface area contributed by atoms with Crippen LogP contribution in [0.5, 0.6) is 5.75 Å². The second-order valence-corrected chi connectivity index (χ2v) is 9.47. The largest absolute Gasteiger partial charge is 0.493 e. The summed E-state index contributed by atoms with van der Waals surface area (Å²) < 4.78 is 5.64. The lowest BCUT2D eigenvalue weighted by atomic mass is 9.60. The maximum Gasteiger partial charge on any atom is 0.234 e. The molecule has 1 amide bonds. The summed E-state index contributed by atoms with van der Waals surface area (Å²) in [6.07, 6.45) is 2.69. The molecular formula is C28H32N3O2+. The number of nitrogens with two attached hydrogens (primary N) is 2. The van der Waals surface area contributed by atoms with E-state index in [1.165, 1.54) is 16.0 Å². The average Bonchev–Trinajstić information content (AvgIpc) is 3.46. The number of primary amides is 1. The van der Waals surface area contributed by atoms with Crippen LogP contribution in [0.4, 0.5) is 0 Å². The first-order valence-corrected chi connectivity index (χ1v) is 11.8. The van der Waals surface area contributed by atoms with Gasteiger partial charge in [-0.25, -0.2) is 0 Å². The molecule has 0 saturated carbocycles. The molecule has 2 aliphatic rings. The standard InChI is InChI=1S/C28H31N3O2/c29-26(32)28(23-7-3-1-4-8-23,24-9-5-2-6-10-24)27(30)15-17-31(20-27)16-13-21-11-12-25-22(19-21)14-18-33-25/h1-12,19H,13-18,20,30H2,(H2,29,32)/p+1/t27-/m0/s1. The van der Waals surface area contributed by atoms with E-state index in [4.69, 9.17) is 16.2 Å². The number of quaternary nitrogens is 1. The zero-order valence-corrected chi connectivity index (χ0v) is 18.9. The average molecular weight is 443 g/mol. The maximum atomic E-state index is 13.3. The fraction of sp³-hybridized carbons (Fsp3) is 0.321. The molecule has 0 bridgehead atoms. The van der Waals surface area contributed by atoms with Crippen LogP contribution in [0.1, 0.15) is 28.7 Å². The van der Waals surface area contributed by atoms with Crippen molar-refractivity contribution in [1.29, 1.82) is 0 Å². The molecule has 33 heavy (non-hydrogen) atoms. The van der Waals surface area contributed by atoms with Gasteiger partial charge in [0, 0.05) is 19.3 Å². The third kappa shape index (κ3) is 3.71. The summed E-state index contributed by atoms with van der Waals surface area (Å²) in [5, 5.41) is 0. The Morgan fingerprint density at radius 3 is 2.30 bits per heavy atom. The van der Waals surface area contributed by atoms with Crippen molar-refractivity contribution >= 4 is 5.91 Å². The summed E-state index contributed by atoms with van der Waals surface area (Å²) in [6, 6.07) is 26.2. The van der Waals surface area contributed by atoms with E-state index in [1.54, 1.807) is 0 Å². The molecule has 2 aliphatic heterocycles. The van der Waals surface area contributed by atoms with Gasteiger partial charge in [0.15, 0.2) is 0 Å². The molecule has 3 aromatic rings. The molecule has 5 rings (SSSR count). The van der Waals surface area contributed by atoms with Crippen LogP contribution in [0.3, 0.4) is 0 Å². The van der Waals surface area contributed by atoms with Crippen molar-refractivity contribution in [3.63, 3.8) is 0 Å². The minimum atomic E-state index is -1.08. The highest BCUT2D eigenvalue weighted by atomic mass is 16.5. The Balaban J connectivity index is 1.43. The minimum Gasteiger partial charge on any atom is -0.493 e. The van der Waals surface area contributed by atoms with Gasteiger partial charge in [-0.2, -0.15) is 0 Å². The lowest BCUT2D eigenvalue weighted by molar-refractivity contribution is -0.889. The van der Waals surface area contributed by atoms with Gasteiger partial charge in [-0.3, -0.25) is 4.79 Å². The smallest absolute Gasteiger partial charge is 0.234 e. The molecule has 1 unspecified atom stereocenters. The van der Waals surface area contributed by atoms with E-state index < -0.39 is 11.0 Å². The summed E-state index contributed by atoms with van der Waals surface area (Å²) in [5.41, 5.74) is 15.9. The van der Waals surface area contributed by atoms with Crippen LogP contribution in [-0.2, 0) is 23.1 Å². The first-order valence-electron chi connectivity index (χ1n) is 11.8. The first kappa shape index (κ1) is 21.7. The van der Waals surface area contributed by atoms with Crippen molar-refractivity contribution in [1.82, 2.24) is 0 Å². The number of carbonyl (C=O) groups is 1. The molecule has 2 heterocycles. The lowest BCUT2D eigenvalue weighted by Crippen LogP contribution is -3.11. The number of carbonyl (C=O) groups excluding carboxylic acids is 1. The number of hydrogen-bond donors (Lipinski definition) is 3. The van der Waals surface area contributed by atoms with Crippen molar-refractivity contribution < 1.29 is 14.4 Å². The number of ether oxygens (including phenoxy) is 1. The lowest BCUT2D eigenvalue weighted by Gasteiger charge is -2.43. The molecule has 0 aromatic heterocycles. The fourth-order valence-corrected chi connectivity index (χ4v) is 5.92. The van der Waals surface area contributed by atoms with Crippen LogP contribution in [-0.4, -0.2) is 37.7 Å². The predicted octanol–water partition coefficient (Wildman–Crippen LogP) is 1.62. The van der Waals surface area contributed by atoms with E-state index in [0.717, 1.165) is 55.8 Å². The Morgan fingerprint density at radius 1 is 1.00 bits per heavy atom. The number of benzene rings is 3. The van der Waals surface area contributed by atoms with Gasteiger partial charge in [0.05, 0.1) is 31.8 Å². The topological polar surface area (TPSA) is 82.8 Å². The third-order valence-corrected chi connectivity index (χ3v) is 7.54. The Morgan fingerprint density at radius 2 is 1.67 bits per heavy atom. The fourth-order valence-electron chi connectivity index (χ4n) is 5.92. The van der Waals surface area contributed by atoms with Crippen molar-refractivity contribution in [3.8, 4) is 5.75 Å². The van der Waals surface area contributed by atoms with E-state index in [-0.39, 0.29) is 5.91 Å². The predicted molar refractivity (Wildman–Crippen MR) is 129 cm³/mol. The van der Waals surface area contributed by atoms with E-state index in [2.05, 4.69) is 18.2 Å². The van der Waals surface area contributed by atoms with Gasteiger partial charge in [-0.05, 0) is 28.3 Å². The van der Waals surface area contributed by atoms with Gasteiger partial charge in [0.2, 0.25) is 5.91 Å². The zero-order valence-electron chi connectivity index (χ0n) is 18.9. The monoisotopic (exact) mass is 442 g/mol. The highest BCUT2D eigenvalue weighted by molar-refractivity contribution is 5.93. The molecule has 5 N–H and O–H groups in total. The van der Waals surface area contributed by atoms with Crippen LogP contribution in [0.25, 0.3) is 0 Å². The molecule has 2 atom stereocenters. The summed E-state index contributed by atoms with van der Waals surface area (Å²) in [5.74, 6) is 0.632. The number of likely N-dealkylation sites (tertiary alicyclic amines) is 1. The van der Waals surface area contributed by atoms with Crippen LogP contribution in [0.2, 0.25) is 0 Å². The number of amides is 1. The highest BCUT2D eigenvalue weighted by Crippen LogP contribution is 2.42.